The number of esters is 1. The molecule has 0 saturated heterocycles. The number of hydrogen-bond acceptors (Lipinski definition) is 3. The monoisotopic (exact) mass is 238 g/mol. The molecule has 1 aromatic carbocycles. The maximum atomic E-state index is 11.1. The third-order valence-corrected chi connectivity index (χ3v) is 3.28. The molecule has 0 fully saturated rings. The fourth-order valence-corrected chi connectivity index (χ4v) is 2.34. The van der Waals surface area contributed by atoms with Gasteiger partial charge in [0, 0.05) is 11.5 Å². The Hall–Kier alpha value is -0.960. The molecule has 0 bridgehead atoms. The first-order valence-electron chi connectivity index (χ1n) is 5.52. The molecule has 1 aromatic rings. The van der Waals surface area contributed by atoms with E-state index in [0.29, 0.717) is 13.0 Å². The van der Waals surface area contributed by atoms with Gasteiger partial charge < -0.3 is 4.74 Å². The van der Waals surface area contributed by atoms with Gasteiger partial charge in [-0.1, -0.05) is 24.3 Å². The summed E-state index contributed by atoms with van der Waals surface area (Å²) in [5.74, 6) is 1.69. The second-order valence-electron chi connectivity index (χ2n) is 3.53. The van der Waals surface area contributed by atoms with Crippen LogP contribution >= 0.6 is 11.8 Å². The van der Waals surface area contributed by atoms with Crippen LogP contribution in [0.5, 0.6) is 0 Å². The van der Waals surface area contributed by atoms with Crippen LogP contribution in [-0.2, 0) is 15.3 Å². The average Bonchev–Trinajstić information content (AvgIpc) is 2.27. The molecule has 0 amide bonds. The van der Waals surface area contributed by atoms with Crippen LogP contribution in [0.1, 0.15) is 24.5 Å². The molecule has 88 valence electrons. The van der Waals surface area contributed by atoms with Crippen molar-refractivity contribution in [1.82, 2.24) is 0 Å². The van der Waals surface area contributed by atoms with Crippen LogP contribution in [0.4, 0.5) is 0 Å². The zero-order chi connectivity index (χ0) is 11.8. The topological polar surface area (TPSA) is 26.3 Å². The number of rotatable bonds is 6. The first-order chi connectivity index (χ1) is 7.74. The summed E-state index contributed by atoms with van der Waals surface area (Å²) in [5, 5.41) is 0. The summed E-state index contributed by atoms with van der Waals surface area (Å²) in [4.78, 5) is 11.1. The highest BCUT2D eigenvalue weighted by Gasteiger charge is 2.02. The molecule has 16 heavy (non-hydrogen) atoms. The Balaban J connectivity index is 2.21. The van der Waals surface area contributed by atoms with Gasteiger partial charge >= 0.3 is 5.97 Å². The van der Waals surface area contributed by atoms with Crippen molar-refractivity contribution in [3.8, 4) is 0 Å². The molecule has 0 aromatic heterocycles. The summed E-state index contributed by atoms with van der Waals surface area (Å²) in [7, 11) is 0. The van der Waals surface area contributed by atoms with Crippen LogP contribution < -0.4 is 0 Å². The van der Waals surface area contributed by atoms with Crippen LogP contribution in [0.2, 0.25) is 0 Å². The highest BCUT2D eigenvalue weighted by atomic mass is 32.2. The normalized spacial score (nSPS) is 10.1. The molecular weight excluding hydrogens is 220 g/mol. The van der Waals surface area contributed by atoms with Crippen molar-refractivity contribution in [1.29, 1.82) is 0 Å². The molecule has 0 atom stereocenters. The molecule has 0 radical (unpaired) electrons. The summed E-state index contributed by atoms with van der Waals surface area (Å²) in [6.45, 7) is 4.42. The number of thioether (sulfide) groups is 1. The maximum absolute atomic E-state index is 11.1. The van der Waals surface area contributed by atoms with Crippen molar-refractivity contribution in [2.45, 2.75) is 26.0 Å². The molecule has 0 aliphatic heterocycles. The standard InChI is InChI=1S/C13H18O2S/c1-3-15-13(14)8-9-16-10-12-7-5-4-6-11(12)2/h4-7H,3,8-10H2,1-2H3. The van der Waals surface area contributed by atoms with Crippen molar-refractivity contribution in [3.05, 3.63) is 35.4 Å². The Morgan fingerprint density at radius 1 is 1.38 bits per heavy atom. The van der Waals surface area contributed by atoms with E-state index in [9.17, 15) is 4.79 Å². The average molecular weight is 238 g/mol. The summed E-state index contributed by atoms with van der Waals surface area (Å²) in [5.41, 5.74) is 2.66. The predicted molar refractivity (Wildman–Crippen MR) is 68.6 cm³/mol. The number of ether oxygens (including phenoxy) is 1. The summed E-state index contributed by atoms with van der Waals surface area (Å²) < 4.78 is 4.87. The number of hydrogen-bond donors (Lipinski definition) is 0. The predicted octanol–water partition coefficient (Wildman–Crippen LogP) is 3.18. The van der Waals surface area contributed by atoms with Crippen LogP contribution in [-0.4, -0.2) is 18.3 Å². The van der Waals surface area contributed by atoms with E-state index >= 15 is 0 Å². The maximum Gasteiger partial charge on any atom is 0.306 e. The summed E-state index contributed by atoms with van der Waals surface area (Å²) in [6, 6.07) is 8.34. The summed E-state index contributed by atoms with van der Waals surface area (Å²) in [6.07, 6.45) is 0.504. The van der Waals surface area contributed by atoms with Crippen LogP contribution in [0.3, 0.4) is 0 Å². The van der Waals surface area contributed by atoms with E-state index in [1.54, 1.807) is 11.8 Å². The molecule has 0 saturated carbocycles. The van der Waals surface area contributed by atoms with E-state index in [2.05, 4.69) is 19.1 Å². The fraction of sp³-hybridized carbons (Fsp3) is 0.462. The van der Waals surface area contributed by atoms with Gasteiger partial charge in [0.2, 0.25) is 0 Å². The van der Waals surface area contributed by atoms with Crippen LogP contribution in [0.25, 0.3) is 0 Å². The number of aryl methyl sites for hydroxylation is 1. The third kappa shape index (κ3) is 4.71. The lowest BCUT2D eigenvalue weighted by Crippen LogP contribution is -2.04. The minimum Gasteiger partial charge on any atom is -0.466 e. The third-order valence-electron chi connectivity index (χ3n) is 2.27. The Bertz CT molecular complexity index is 336. The van der Waals surface area contributed by atoms with Crippen LogP contribution in [0.15, 0.2) is 24.3 Å². The van der Waals surface area contributed by atoms with E-state index in [1.807, 2.05) is 19.1 Å². The Morgan fingerprint density at radius 2 is 2.12 bits per heavy atom. The van der Waals surface area contributed by atoms with Gasteiger partial charge in [-0.25, -0.2) is 0 Å². The van der Waals surface area contributed by atoms with Gasteiger partial charge in [0.15, 0.2) is 0 Å². The zero-order valence-electron chi connectivity index (χ0n) is 9.86. The lowest BCUT2D eigenvalue weighted by molar-refractivity contribution is -0.142. The molecule has 0 aliphatic rings. The second-order valence-corrected chi connectivity index (χ2v) is 4.64. The molecule has 0 aliphatic carbocycles. The van der Waals surface area contributed by atoms with E-state index in [0.717, 1.165) is 11.5 Å². The number of carbonyl (C=O) groups is 1. The quantitative estimate of drug-likeness (QED) is 0.562. The van der Waals surface area contributed by atoms with E-state index in [-0.39, 0.29) is 5.97 Å². The molecular formula is C13H18O2S. The van der Waals surface area contributed by atoms with E-state index < -0.39 is 0 Å². The van der Waals surface area contributed by atoms with Gasteiger partial charge in [-0.15, -0.1) is 0 Å². The Morgan fingerprint density at radius 3 is 2.81 bits per heavy atom. The first-order valence-corrected chi connectivity index (χ1v) is 6.67. The Kier molecular flexibility index (Phi) is 6.01. The molecule has 0 heterocycles. The van der Waals surface area contributed by atoms with E-state index in [4.69, 9.17) is 4.74 Å². The van der Waals surface area contributed by atoms with Gasteiger partial charge in [-0.05, 0) is 25.0 Å². The Labute approximate surface area is 101 Å². The first kappa shape index (κ1) is 13.1. The van der Waals surface area contributed by atoms with Gasteiger partial charge in [0.25, 0.3) is 0 Å². The highest BCUT2D eigenvalue weighted by molar-refractivity contribution is 7.98. The van der Waals surface area contributed by atoms with Crippen molar-refractivity contribution in [2.75, 3.05) is 12.4 Å². The lowest BCUT2D eigenvalue weighted by Gasteiger charge is -2.05. The SMILES string of the molecule is CCOC(=O)CCSCc1ccccc1C. The molecule has 2 nitrogen and oxygen atoms in total. The smallest absolute Gasteiger partial charge is 0.306 e. The molecule has 0 spiro atoms. The van der Waals surface area contributed by atoms with E-state index in [1.165, 1.54) is 11.1 Å². The number of carbonyl (C=O) groups excluding carboxylic acids is 1. The minimum atomic E-state index is -0.0974. The van der Waals surface area contributed by atoms with Gasteiger partial charge in [0.1, 0.15) is 0 Å². The minimum absolute atomic E-state index is 0.0974. The fourth-order valence-electron chi connectivity index (χ4n) is 1.34. The van der Waals surface area contributed by atoms with Gasteiger partial charge in [0.05, 0.1) is 13.0 Å². The van der Waals surface area contributed by atoms with Crippen molar-refractivity contribution < 1.29 is 9.53 Å². The highest BCUT2D eigenvalue weighted by Crippen LogP contribution is 2.16. The van der Waals surface area contributed by atoms with Crippen molar-refractivity contribution in [2.24, 2.45) is 0 Å². The van der Waals surface area contributed by atoms with Gasteiger partial charge in [-0.2, -0.15) is 11.8 Å². The molecule has 0 N–H and O–H groups in total. The second kappa shape index (κ2) is 7.34. The van der Waals surface area contributed by atoms with Crippen molar-refractivity contribution in [3.63, 3.8) is 0 Å². The number of benzene rings is 1. The molecule has 1 rings (SSSR count). The van der Waals surface area contributed by atoms with Gasteiger partial charge in [-0.3, -0.25) is 4.79 Å². The van der Waals surface area contributed by atoms with Crippen LogP contribution in [0, 0.1) is 6.92 Å². The zero-order valence-corrected chi connectivity index (χ0v) is 10.7. The van der Waals surface area contributed by atoms with Crippen molar-refractivity contribution >= 4 is 17.7 Å². The molecule has 3 heteroatoms. The summed E-state index contributed by atoms with van der Waals surface area (Å²) >= 11 is 1.77. The largest absolute Gasteiger partial charge is 0.466 e. The molecule has 0 unspecified atom stereocenters. The lowest BCUT2D eigenvalue weighted by atomic mass is 10.1.